The summed E-state index contributed by atoms with van der Waals surface area (Å²) in [5.74, 6) is -1.06. The molecular weight excluding hydrogens is 262 g/mol. The molecule has 5 heteroatoms. The van der Waals surface area contributed by atoms with Crippen molar-refractivity contribution in [3.05, 3.63) is 66.2 Å². The van der Waals surface area contributed by atoms with Gasteiger partial charge >= 0.3 is 5.97 Å². The zero-order valence-electron chi connectivity index (χ0n) is 10.0. The Kier molecular flexibility index (Phi) is 4.57. The van der Waals surface area contributed by atoms with Crippen LogP contribution in [0.4, 0.5) is 0 Å². The minimum atomic E-state index is -1.57. The van der Waals surface area contributed by atoms with Crippen LogP contribution in [0.5, 0.6) is 0 Å². The van der Waals surface area contributed by atoms with Crippen LogP contribution in [0.1, 0.15) is 11.6 Å². The fraction of sp³-hybridized carbons (Fsp3) is 0.0714. The van der Waals surface area contributed by atoms with Gasteiger partial charge in [0.25, 0.3) is 0 Å². The molecule has 19 heavy (non-hydrogen) atoms. The van der Waals surface area contributed by atoms with Crippen molar-refractivity contribution in [1.29, 1.82) is 0 Å². The molecule has 0 bridgehead atoms. The van der Waals surface area contributed by atoms with Gasteiger partial charge in [0.15, 0.2) is 10.9 Å². The van der Waals surface area contributed by atoms with E-state index in [4.69, 9.17) is 0 Å². The van der Waals surface area contributed by atoms with Gasteiger partial charge in [-0.05, 0) is 17.7 Å². The summed E-state index contributed by atoms with van der Waals surface area (Å²) in [6, 6.07) is 16.4. The van der Waals surface area contributed by atoms with Gasteiger partial charge in [0.05, 0.1) is 11.4 Å². The summed E-state index contributed by atoms with van der Waals surface area (Å²) in [4.78, 5) is 11.8. The quantitative estimate of drug-likeness (QED) is 0.820. The van der Waals surface area contributed by atoms with E-state index in [9.17, 15) is 14.5 Å². The van der Waals surface area contributed by atoms with Gasteiger partial charge in [-0.25, -0.2) is 4.79 Å². The molecule has 1 unspecified atom stereocenters. The van der Waals surface area contributed by atoms with Crippen molar-refractivity contribution in [2.75, 3.05) is 0 Å². The van der Waals surface area contributed by atoms with Crippen LogP contribution in [0.15, 0.2) is 65.6 Å². The van der Waals surface area contributed by atoms with Gasteiger partial charge in [-0.15, -0.1) is 4.72 Å². The van der Waals surface area contributed by atoms with E-state index >= 15 is 0 Å². The topological polar surface area (TPSA) is 72.4 Å². The van der Waals surface area contributed by atoms with Gasteiger partial charge in [-0.3, -0.25) is 0 Å². The minimum absolute atomic E-state index is 0.546. The second kappa shape index (κ2) is 6.38. The van der Waals surface area contributed by atoms with Crippen LogP contribution in [0, 0.1) is 0 Å². The molecule has 0 aliphatic carbocycles. The second-order valence-corrected chi connectivity index (χ2v) is 5.13. The molecule has 0 radical (unpaired) electrons. The summed E-state index contributed by atoms with van der Waals surface area (Å²) >= 11 is -1.57. The lowest BCUT2D eigenvalue weighted by molar-refractivity contribution is -0.139. The first-order valence-electron chi connectivity index (χ1n) is 5.69. The lowest BCUT2D eigenvalue weighted by Crippen LogP contribution is -2.33. The SMILES string of the molecule is O=C(O)[C@@H](N[S+]([O-])c1ccccc1)c1ccccc1. The first-order chi connectivity index (χ1) is 9.18. The molecule has 0 aliphatic heterocycles. The van der Waals surface area contributed by atoms with Gasteiger partial charge < -0.3 is 9.66 Å². The Bertz CT molecular complexity index is 533. The third kappa shape index (κ3) is 3.57. The Morgan fingerprint density at radius 2 is 1.58 bits per heavy atom. The molecule has 0 fully saturated rings. The number of carboxylic acids is 1. The van der Waals surface area contributed by atoms with Crippen LogP contribution >= 0.6 is 0 Å². The first-order valence-corrected chi connectivity index (χ1v) is 6.84. The zero-order chi connectivity index (χ0) is 13.7. The van der Waals surface area contributed by atoms with Crippen molar-refractivity contribution in [1.82, 2.24) is 4.72 Å². The van der Waals surface area contributed by atoms with E-state index in [0.29, 0.717) is 10.5 Å². The molecule has 2 atom stereocenters. The molecule has 2 rings (SSSR count). The highest BCUT2D eigenvalue weighted by molar-refractivity contribution is 7.89. The summed E-state index contributed by atoms with van der Waals surface area (Å²) in [5, 5.41) is 9.23. The fourth-order valence-electron chi connectivity index (χ4n) is 1.63. The Balaban J connectivity index is 2.16. The normalized spacial score (nSPS) is 13.7. The lowest BCUT2D eigenvalue weighted by atomic mass is 10.1. The number of carboxylic acid groups (broad SMARTS) is 1. The smallest absolute Gasteiger partial charge is 0.329 e. The minimum Gasteiger partial charge on any atom is -0.593 e. The molecule has 2 aromatic carbocycles. The molecular formula is C14H13NO3S. The fourth-order valence-corrected chi connectivity index (χ4v) is 2.62. The standard InChI is InChI=1S/C14H13NO3S/c16-14(17)13(11-7-3-1-4-8-11)15-19(18)12-9-5-2-6-10-12/h1-10,13,15H,(H,16,17)/t13-,19?/m0/s1. The second-order valence-electron chi connectivity index (χ2n) is 3.88. The van der Waals surface area contributed by atoms with Gasteiger partial charge in [0.2, 0.25) is 0 Å². The van der Waals surface area contributed by atoms with E-state index in [2.05, 4.69) is 4.72 Å². The van der Waals surface area contributed by atoms with Gasteiger partial charge in [0.1, 0.15) is 0 Å². The van der Waals surface area contributed by atoms with Crippen LogP contribution in [-0.4, -0.2) is 15.6 Å². The van der Waals surface area contributed by atoms with Crippen molar-refractivity contribution >= 4 is 17.3 Å². The number of rotatable bonds is 5. The lowest BCUT2D eigenvalue weighted by Gasteiger charge is -2.16. The third-order valence-corrected chi connectivity index (χ3v) is 3.71. The van der Waals surface area contributed by atoms with Gasteiger partial charge in [0, 0.05) is 0 Å². The molecule has 0 heterocycles. The van der Waals surface area contributed by atoms with Crippen molar-refractivity contribution in [3.8, 4) is 0 Å². The maximum atomic E-state index is 12.1. The molecule has 0 aliphatic rings. The van der Waals surface area contributed by atoms with Crippen molar-refractivity contribution in [3.63, 3.8) is 0 Å². The van der Waals surface area contributed by atoms with Crippen LogP contribution in [-0.2, 0) is 16.2 Å². The summed E-state index contributed by atoms with van der Waals surface area (Å²) < 4.78 is 14.7. The maximum Gasteiger partial charge on any atom is 0.329 e. The average molecular weight is 275 g/mol. The molecule has 0 aromatic heterocycles. The Morgan fingerprint density at radius 1 is 1.05 bits per heavy atom. The monoisotopic (exact) mass is 275 g/mol. The number of carbonyl (C=O) groups is 1. The largest absolute Gasteiger partial charge is 0.593 e. The summed E-state index contributed by atoms with van der Waals surface area (Å²) in [6.45, 7) is 0. The van der Waals surface area contributed by atoms with Crippen molar-refractivity contribution in [2.24, 2.45) is 0 Å². The zero-order valence-corrected chi connectivity index (χ0v) is 10.8. The van der Waals surface area contributed by atoms with E-state index in [1.807, 2.05) is 6.07 Å². The summed E-state index contributed by atoms with van der Waals surface area (Å²) in [7, 11) is 0. The highest BCUT2D eigenvalue weighted by atomic mass is 32.2. The third-order valence-electron chi connectivity index (χ3n) is 2.56. The number of aliphatic carboxylic acids is 1. The predicted molar refractivity (Wildman–Crippen MR) is 72.8 cm³/mol. The van der Waals surface area contributed by atoms with E-state index in [1.54, 1.807) is 54.6 Å². The van der Waals surface area contributed by atoms with Crippen LogP contribution in [0.2, 0.25) is 0 Å². The van der Waals surface area contributed by atoms with E-state index in [-0.39, 0.29) is 0 Å². The molecule has 98 valence electrons. The number of benzene rings is 2. The number of hydrogen-bond acceptors (Lipinski definition) is 3. The average Bonchev–Trinajstić information content (AvgIpc) is 2.46. The van der Waals surface area contributed by atoms with Gasteiger partial charge in [-0.1, -0.05) is 48.5 Å². The molecule has 0 amide bonds. The molecule has 2 N–H and O–H groups in total. The first kappa shape index (κ1) is 13.6. The predicted octanol–water partition coefficient (Wildman–Crippen LogP) is 2.12. The maximum absolute atomic E-state index is 12.1. The molecule has 2 aromatic rings. The van der Waals surface area contributed by atoms with Crippen molar-refractivity contribution in [2.45, 2.75) is 10.9 Å². The molecule has 0 saturated carbocycles. The van der Waals surface area contributed by atoms with Crippen molar-refractivity contribution < 1.29 is 14.5 Å². The van der Waals surface area contributed by atoms with Crippen LogP contribution in [0.25, 0.3) is 0 Å². The van der Waals surface area contributed by atoms with E-state index in [1.165, 1.54) is 0 Å². The Hall–Kier alpha value is -1.82. The number of hydrogen-bond donors (Lipinski definition) is 2. The van der Waals surface area contributed by atoms with Crippen LogP contribution in [0.3, 0.4) is 0 Å². The Labute approximate surface area is 114 Å². The van der Waals surface area contributed by atoms with E-state index < -0.39 is 23.4 Å². The Morgan fingerprint density at radius 3 is 2.11 bits per heavy atom. The van der Waals surface area contributed by atoms with E-state index in [0.717, 1.165) is 0 Å². The van der Waals surface area contributed by atoms with Crippen LogP contribution < -0.4 is 4.72 Å². The molecule has 4 nitrogen and oxygen atoms in total. The van der Waals surface area contributed by atoms with Gasteiger partial charge in [-0.2, -0.15) is 0 Å². The highest BCUT2D eigenvalue weighted by Crippen LogP contribution is 2.17. The highest BCUT2D eigenvalue weighted by Gasteiger charge is 2.26. The summed E-state index contributed by atoms with van der Waals surface area (Å²) in [5.41, 5.74) is 0.569. The number of nitrogens with one attached hydrogen (secondary N) is 1. The molecule has 0 spiro atoms. The summed E-state index contributed by atoms with van der Waals surface area (Å²) in [6.07, 6.45) is 0. The molecule has 0 saturated heterocycles.